The minimum absolute atomic E-state index is 0.0164. The standard InChI is InChI=1S/C15H18FNO3S/c16-15-10-13(3-1-2-6-18)9-14(11-15)12-17-4-7-21(19,20)8-5-17/h9-11,18H,2,4-8,12H2. The Balaban J connectivity index is 2.05. The molecule has 0 aliphatic carbocycles. The molecule has 21 heavy (non-hydrogen) atoms. The molecule has 2 rings (SSSR count). The number of nitrogens with zero attached hydrogens (tertiary/aromatic N) is 1. The zero-order valence-corrected chi connectivity index (χ0v) is 12.5. The van der Waals surface area contributed by atoms with E-state index < -0.39 is 9.84 Å². The maximum atomic E-state index is 13.6. The third-order valence-corrected chi connectivity index (χ3v) is 4.88. The van der Waals surface area contributed by atoms with E-state index in [1.807, 2.05) is 4.90 Å². The minimum Gasteiger partial charge on any atom is -0.395 e. The predicted octanol–water partition coefficient (Wildman–Crippen LogP) is 0.790. The van der Waals surface area contributed by atoms with E-state index in [1.54, 1.807) is 6.07 Å². The van der Waals surface area contributed by atoms with E-state index in [9.17, 15) is 12.8 Å². The quantitative estimate of drug-likeness (QED) is 0.839. The average molecular weight is 311 g/mol. The van der Waals surface area contributed by atoms with Crippen molar-refractivity contribution in [2.45, 2.75) is 13.0 Å². The van der Waals surface area contributed by atoms with Crippen molar-refractivity contribution in [3.05, 3.63) is 35.1 Å². The molecule has 0 unspecified atom stereocenters. The Kier molecular flexibility index (Phi) is 5.34. The first-order valence-corrected chi connectivity index (χ1v) is 8.63. The Hall–Kier alpha value is -1.42. The van der Waals surface area contributed by atoms with Crippen LogP contribution in [0.15, 0.2) is 18.2 Å². The van der Waals surface area contributed by atoms with Crippen molar-refractivity contribution < 1.29 is 17.9 Å². The van der Waals surface area contributed by atoms with E-state index in [1.165, 1.54) is 12.1 Å². The lowest BCUT2D eigenvalue weighted by atomic mass is 10.1. The van der Waals surface area contributed by atoms with Crippen LogP contribution in [0.5, 0.6) is 0 Å². The van der Waals surface area contributed by atoms with Crippen LogP contribution in [0, 0.1) is 17.7 Å². The predicted molar refractivity (Wildman–Crippen MR) is 78.9 cm³/mol. The van der Waals surface area contributed by atoms with E-state index in [-0.39, 0.29) is 23.9 Å². The highest BCUT2D eigenvalue weighted by atomic mass is 32.2. The normalized spacial score (nSPS) is 18.0. The summed E-state index contributed by atoms with van der Waals surface area (Å²) in [5.74, 6) is 5.53. The molecule has 4 nitrogen and oxygen atoms in total. The second kappa shape index (κ2) is 7.03. The first kappa shape index (κ1) is 16.0. The van der Waals surface area contributed by atoms with Gasteiger partial charge in [0.15, 0.2) is 9.84 Å². The summed E-state index contributed by atoms with van der Waals surface area (Å²) < 4.78 is 36.3. The van der Waals surface area contributed by atoms with Gasteiger partial charge in [-0.2, -0.15) is 0 Å². The Morgan fingerprint density at radius 3 is 2.62 bits per heavy atom. The van der Waals surface area contributed by atoms with E-state index in [2.05, 4.69) is 11.8 Å². The van der Waals surface area contributed by atoms with Crippen LogP contribution in [0.3, 0.4) is 0 Å². The number of benzene rings is 1. The van der Waals surface area contributed by atoms with Crippen molar-refractivity contribution in [1.29, 1.82) is 0 Å². The van der Waals surface area contributed by atoms with Crippen LogP contribution in [-0.4, -0.2) is 49.6 Å². The molecule has 1 fully saturated rings. The summed E-state index contributed by atoms with van der Waals surface area (Å²) in [6.45, 7) is 1.45. The van der Waals surface area contributed by atoms with E-state index in [0.29, 0.717) is 31.6 Å². The van der Waals surface area contributed by atoms with Gasteiger partial charge in [-0.15, -0.1) is 0 Å². The highest BCUT2D eigenvalue weighted by Crippen LogP contribution is 2.13. The second-order valence-corrected chi connectivity index (χ2v) is 7.36. The van der Waals surface area contributed by atoms with Gasteiger partial charge in [0.2, 0.25) is 0 Å². The maximum absolute atomic E-state index is 13.6. The number of hydrogen-bond acceptors (Lipinski definition) is 4. The van der Waals surface area contributed by atoms with Crippen LogP contribution in [0.1, 0.15) is 17.5 Å². The second-order valence-electron chi connectivity index (χ2n) is 5.05. The van der Waals surface area contributed by atoms with Crippen LogP contribution < -0.4 is 0 Å². The molecule has 0 bridgehead atoms. The summed E-state index contributed by atoms with van der Waals surface area (Å²) in [4.78, 5) is 2.00. The SMILES string of the molecule is O=S1(=O)CCN(Cc2cc(F)cc(C#CCCO)c2)CC1. The van der Waals surface area contributed by atoms with E-state index >= 15 is 0 Å². The molecule has 0 amide bonds. The molecule has 1 aliphatic rings. The Morgan fingerprint density at radius 1 is 1.24 bits per heavy atom. The number of aliphatic hydroxyl groups is 1. The highest BCUT2D eigenvalue weighted by molar-refractivity contribution is 7.91. The highest BCUT2D eigenvalue weighted by Gasteiger charge is 2.21. The zero-order chi connectivity index (χ0) is 15.3. The Bertz CT molecular complexity index is 647. The fraction of sp³-hybridized carbons (Fsp3) is 0.467. The summed E-state index contributed by atoms with van der Waals surface area (Å²) in [5.41, 5.74) is 1.35. The third kappa shape index (κ3) is 5.12. The summed E-state index contributed by atoms with van der Waals surface area (Å²) in [6, 6.07) is 4.60. The van der Waals surface area contributed by atoms with Gasteiger partial charge >= 0.3 is 0 Å². The van der Waals surface area contributed by atoms with Gasteiger partial charge in [-0.1, -0.05) is 11.8 Å². The van der Waals surface area contributed by atoms with E-state index in [0.717, 1.165) is 5.56 Å². The van der Waals surface area contributed by atoms with Crippen molar-refractivity contribution in [2.24, 2.45) is 0 Å². The van der Waals surface area contributed by atoms with Crippen LogP contribution >= 0.6 is 0 Å². The molecule has 1 aromatic rings. The molecule has 1 heterocycles. The zero-order valence-electron chi connectivity index (χ0n) is 11.7. The monoisotopic (exact) mass is 311 g/mol. The molecule has 0 aromatic heterocycles. The Labute approximate surface area is 124 Å². The minimum atomic E-state index is -2.90. The summed E-state index contributed by atoms with van der Waals surface area (Å²) in [7, 11) is -2.90. The van der Waals surface area contributed by atoms with Gasteiger partial charge in [-0.3, -0.25) is 4.90 Å². The van der Waals surface area contributed by atoms with Gasteiger partial charge in [0.25, 0.3) is 0 Å². The average Bonchev–Trinajstić information content (AvgIpc) is 2.41. The summed E-state index contributed by atoms with van der Waals surface area (Å²) in [6.07, 6.45) is 0.357. The fourth-order valence-corrected chi connectivity index (χ4v) is 3.48. The van der Waals surface area contributed by atoms with Crippen molar-refractivity contribution in [3.8, 4) is 11.8 Å². The lowest BCUT2D eigenvalue weighted by Crippen LogP contribution is -2.39. The van der Waals surface area contributed by atoms with Crippen LogP contribution in [0.4, 0.5) is 4.39 Å². The van der Waals surface area contributed by atoms with Crippen molar-refractivity contribution >= 4 is 9.84 Å². The number of aliphatic hydroxyl groups excluding tert-OH is 1. The Morgan fingerprint density at radius 2 is 1.95 bits per heavy atom. The van der Waals surface area contributed by atoms with Gasteiger partial charge in [0, 0.05) is 31.6 Å². The van der Waals surface area contributed by atoms with E-state index in [4.69, 9.17) is 5.11 Å². The first-order valence-electron chi connectivity index (χ1n) is 6.80. The van der Waals surface area contributed by atoms with Gasteiger partial charge in [0.1, 0.15) is 5.82 Å². The van der Waals surface area contributed by atoms with Gasteiger partial charge < -0.3 is 5.11 Å². The molecule has 0 radical (unpaired) electrons. The van der Waals surface area contributed by atoms with Crippen LogP contribution in [0.25, 0.3) is 0 Å². The fourth-order valence-electron chi connectivity index (χ4n) is 2.20. The van der Waals surface area contributed by atoms with Crippen LogP contribution in [-0.2, 0) is 16.4 Å². The van der Waals surface area contributed by atoms with Gasteiger partial charge in [-0.25, -0.2) is 12.8 Å². The largest absolute Gasteiger partial charge is 0.395 e. The molecule has 6 heteroatoms. The molecule has 0 atom stereocenters. The van der Waals surface area contributed by atoms with Crippen molar-refractivity contribution in [3.63, 3.8) is 0 Å². The molecule has 0 saturated carbocycles. The molecular formula is C15H18FNO3S. The lowest BCUT2D eigenvalue weighted by Gasteiger charge is -2.26. The van der Waals surface area contributed by atoms with Crippen molar-refractivity contribution in [1.82, 2.24) is 4.90 Å². The molecule has 0 spiro atoms. The molecule has 1 aromatic carbocycles. The lowest BCUT2D eigenvalue weighted by molar-refractivity contribution is 0.287. The number of sulfone groups is 1. The molecule has 1 aliphatic heterocycles. The first-order chi connectivity index (χ1) is 9.98. The maximum Gasteiger partial charge on any atom is 0.152 e. The molecular weight excluding hydrogens is 293 g/mol. The molecule has 114 valence electrons. The number of hydrogen-bond donors (Lipinski definition) is 1. The van der Waals surface area contributed by atoms with Gasteiger partial charge in [0.05, 0.1) is 18.1 Å². The van der Waals surface area contributed by atoms with Crippen molar-refractivity contribution in [2.75, 3.05) is 31.2 Å². The third-order valence-electron chi connectivity index (χ3n) is 3.27. The summed E-state index contributed by atoms with van der Waals surface area (Å²) >= 11 is 0. The molecule has 1 saturated heterocycles. The summed E-state index contributed by atoms with van der Waals surface area (Å²) in [5, 5.41) is 8.68. The topological polar surface area (TPSA) is 57.6 Å². The van der Waals surface area contributed by atoms with Crippen LogP contribution in [0.2, 0.25) is 0 Å². The number of halogens is 1. The van der Waals surface area contributed by atoms with Gasteiger partial charge in [-0.05, 0) is 23.8 Å². The number of rotatable bonds is 3. The smallest absolute Gasteiger partial charge is 0.152 e. The molecule has 1 N–H and O–H groups in total.